The number of thiophene rings is 1. The summed E-state index contributed by atoms with van der Waals surface area (Å²) < 4.78 is 0. The lowest BCUT2D eigenvalue weighted by Gasteiger charge is -2.15. The Kier molecular flexibility index (Phi) is 4.74. The predicted molar refractivity (Wildman–Crippen MR) is 65.8 cm³/mol. The number of hydrogen-bond acceptors (Lipinski definition) is 3. The molecular formula is C12H14N2OS. The van der Waals surface area contributed by atoms with E-state index in [1.165, 1.54) is 6.08 Å². The Morgan fingerprint density at radius 2 is 2.50 bits per heavy atom. The van der Waals surface area contributed by atoms with Crippen molar-refractivity contribution in [2.75, 3.05) is 13.6 Å². The van der Waals surface area contributed by atoms with E-state index in [2.05, 4.69) is 6.07 Å². The van der Waals surface area contributed by atoms with Gasteiger partial charge in [0.25, 0.3) is 0 Å². The van der Waals surface area contributed by atoms with Crippen LogP contribution in [0.5, 0.6) is 0 Å². The van der Waals surface area contributed by atoms with Crippen molar-refractivity contribution in [2.24, 2.45) is 5.92 Å². The molecular weight excluding hydrogens is 220 g/mol. The highest BCUT2D eigenvalue weighted by Crippen LogP contribution is 2.08. The molecule has 1 heterocycles. The maximum absolute atomic E-state index is 11.6. The molecule has 0 saturated carbocycles. The van der Waals surface area contributed by atoms with E-state index in [0.717, 1.165) is 5.56 Å². The minimum atomic E-state index is -0.136. The number of carbonyl (C=O) groups is 1. The summed E-state index contributed by atoms with van der Waals surface area (Å²) >= 11 is 1.59. The highest BCUT2D eigenvalue weighted by molar-refractivity contribution is 7.08. The Balaban J connectivity index is 2.49. The first-order valence-corrected chi connectivity index (χ1v) is 5.92. The molecule has 0 unspecified atom stereocenters. The summed E-state index contributed by atoms with van der Waals surface area (Å²) in [6.07, 6.45) is 3.32. The Hall–Kier alpha value is -1.60. The maximum atomic E-state index is 11.6. The molecule has 1 rings (SSSR count). The first-order chi connectivity index (χ1) is 7.63. The summed E-state index contributed by atoms with van der Waals surface area (Å²) in [6.45, 7) is 2.26. The molecule has 0 aliphatic rings. The quantitative estimate of drug-likeness (QED) is 0.751. The van der Waals surface area contributed by atoms with Gasteiger partial charge in [0, 0.05) is 19.7 Å². The number of rotatable bonds is 4. The van der Waals surface area contributed by atoms with Crippen LogP contribution in [-0.2, 0) is 4.79 Å². The van der Waals surface area contributed by atoms with E-state index in [0.29, 0.717) is 6.54 Å². The van der Waals surface area contributed by atoms with Crippen LogP contribution in [0.15, 0.2) is 22.9 Å². The zero-order valence-electron chi connectivity index (χ0n) is 9.38. The number of amides is 1. The zero-order chi connectivity index (χ0) is 12.0. The van der Waals surface area contributed by atoms with Crippen molar-refractivity contribution in [3.05, 3.63) is 28.5 Å². The van der Waals surface area contributed by atoms with E-state index in [1.54, 1.807) is 36.3 Å². The lowest BCUT2D eigenvalue weighted by Crippen LogP contribution is -2.29. The molecule has 1 aromatic rings. The molecule has 1 amide bonds. The van der Waals surface area contributed by atoms with E-state index < -0.39 is 0 Å². The van der Waals surface area contributed by atoms with Crippen molar-refractivity contribution in [1.29, 1.82) is 5.26 Å². The summed E-state index contributed by atoms with van der Waals surface area (Å²) in [4.78, 5) is 13.2. The van der Waals surface area contributed by atoms with Gasteiger partial charge in [-0.2, -0.15) is 16.6 Å². The fourth-order valence-corrected chi connectivity index (χ4v) is 1.83. The van der Waals surface area contributed by atoms with Gasteiger partial charge in [0.1, 0.15) is 0 Å². The Morgan fingerprint density at radius 1 is 1.75 bits per heavy atom. The number of carbonyl (C=O) groups excluding carboxylic acids is 1. The van der Waals surface area contributed by atoms with E-state index in [9.17, 15) is 4.79 Å². The minimum Gasteiger partial charge on any atom is -0.341 e. The number of hydrogen-bond donors (Lipinski definition) is 0. The summed E-state index contributed by atoms with van der Waals surface area (Å²) in [6, 6.07) is 4.05. The maximum Gasteiger partial charge on any atom is 0.246 e. The zero-order valence-corrected chi connectivity index (χ0v) is 10.2. The molecule has 1 aromatic heterocycles. The van der Waals surface area contributed by atoms with Gasteiger partial charge in [-0.3, -0.25) is 4.79 Å². The van der Waals surface area contributed by atoms with Crippen molar-refractivity contribution < 1.29 is 4.79 Å². The predicted octanol–water partition coefficient (Wildman–Crippen LogP) is 2.38. The molecule has 84 valence electrons. The highest BCUT2D eigenvalue weighted by Gasteiger charge is 2.08. The van der Waals surface area contributed by atoms with Crippen LogP contribution in [0.2, 0.25) is 0 Å². The van der Waals surface area contributed by atoms with Crippen LogP contribution < -0.4 is 0 Å². The van der Waals surface area contributed by atoms with Gasteiger partial charge in [0.15, 0.2) is 0 Å². The largest absolute Gasteiger partial charge is 0.341 e. The van der Waals surface area contributed by atoms with Crippen molar-refractivity contribution in [3.63, 3.8) is 0 Å². The first kappa shape index (κ1) is 12.5. The molecule has 0 aromatic carbocycles. The van der Waals surface area contributed by atoms with E-state index in [-0.39, 0.29) is 11.8 Å². The van der Waals surface area contributed by atoms with Crippen molar-refractivity contribution >= 4 is 23.3 Å². The molecule has 4 heteroatoms. The van der Waals surface area contributed by atoms with Gasteiger partial charge in [0.05, 0.1) is 12.0 Å². The van der Waals surface area contributed by atoms with Gasteiger partial charge >= 0.3 is 0 Å². The second-order valence-corrected chi connectivity index (χ2v) is 4.42. The molecule has 0 spiro atoms. The molecule has 0 aliphatic heterocycles. The third kappa shape index (κ3) is 3.87. The van der Waals surface area contributed by atoms with Crippen LogP contribution in [0.1, 0.15) is 12.5 Å². The molecule has 3 nitrogen and oxygen atoms in total. The average Bonchev–Trinajstić information content (AvgIpc) is 2.78. The van der Waals surface area contributed by atoms with Crippen LogP contribution in [0.4, 0.5) is 0 Å². The van der Waals surface area contributed by atoms with Gasteiger partial charge in [0.2, 0.25) is 5.91 Å². The fraction of sp³-hybridized carbons (Fsp3) is 0.333. The van der Waals surface area contributed by atoms with Gasteiger partial charge in [-0.1, -0.05) is 0 Å². The van der Waals surface area contributed by atoms with Gasteiger partial charge in [-0.05, 0) is 35.4 Å². The Labute approximate surface area is 99.6 Å². The summed E-state index contributed by atoms with van der Waals surface area (Å²) in [5, 5.41) is 12.6. The summed E-state index contributed by atoms with van der Waals surface area (Å²) in [5.74, 6) is -0.211. The smallest absolute Gasteiger partial charge is 0.246 e. The highest BCUT2D eigenvalue weighted by atomic mass is 32.1. The number of likely N-dealkylation sites (N-methyl/N-ethyl adjacent to an activating group) is 1. The minimum absolute atomic E-state index is 0.0756. The average molecular weight is 234 g/mol. The molecule has 0 fully saturated rings. The van der Waals surface area contributed by atoms with Crippen LogP contribution in [0, 0.1) is 17.2 Å². The van der Waals surface area contributed by atoms with Crippen LogP contribution in [0.25, 0.3) is 6.08 Å². The summed E-state index contributed by atoms with van der Waals surface area (Å²) in [5.41, 5.74) is 1.03. The summed E-state index contributed by atoms with van der Waals surface area (Å²) in [7, 11) is 1.70. The van der Waals surface area contributed by atoms with Crippen LogP contribution in [0.3, 0.4) is 0 Å². The second-order valence-electron chi connectivity index (χ2n) is 3.64. The van der Waals surface area contributed by atoms with Gasteiger partial charge in [-0.25, -0.2) is 0 Å². The Bertz CT molecular complexity index is 403. The first-order valence-electron chi connectivity index (χ1n) is 4.98. The van der Waals surface area contributed by atoms with Crippen molar-refractivity contribution in [3.8, 4) is 6.07 Å². The van der Waals surface area contributed by atoms with Crippen molar-refractivity contribution in [2.45, 2.75) is 6.92 Å². The van der Waals surface area contributed by atoms with E-state index in [1.807, 2.05) is 16.8 Å². The molecule has 16 heavy (non-hydrogen) atoms. The van der Waals surface area contributed by atoms with Gasteiger partial charge in [-0.15, -0.1) is 0 Å². The second kappa shape index (κ2) is 6.09. The van der Waals surface area contributed by atoms with E-state index >= 15 is 0 Å². The number of nitrogens with zero attached hydrogens (tertiary/aromatic N) is 2. The molecule has 1 atom stereocenters. The standard InChI is InChI=1S/C12H14N2OS/c1-10(7-13)8-14(2)12(15)4-3-11-5-6-16-9-11/h3-6,9-10H,8H2,1-2H3/b4-3+/t10-/m0/s1. The van der Waals surface area contributed by atoms with Crippen LogP contribution in [-0.4, -0.2) is 24.4 Å². The van der Waals surface area contributed by atoms with Gasteiger partial charge < -0.3 is 4.90 Å². The lowest BCUT2D eigenvalue weighted by molar-refractivity contribution is -0.125. The molecule has 0 aliphatic carbocycles. The molecule has 0 radical (unpaired) electrons. The topological polar surface area (TPSA) is 44.1 Å². The Morgan fingerprint density at radius 3 is 3.06 bits per heavy atom. The third-order valence-corrected chi connectivity index (χ3v) is 2.81. The lowest BCUT2D eigenvalue weighted by atomic mass is 10.2. The monoisotopic (exact) mass is 234 g/mol. The van der Waals surface area contributed by atoms with Crippen LogP contribution >= 0.6 is 11.3 Å². The van der Waals surface area contributed by atoms with E-state index in [4.69, 9.17) is 5.26 Å². The molecule has 0 N–H and O–H groups in total. The SMILES string of the molecule is C[C@@H](C#N)CN(C)C(=O)/C=C/c1ccsc1. The normalized spacial score (nSPS) is 12.3. The molecule has 0 bridgehead atoms. The molecule has 0 saturated heterocycles. The third-order valence-electron chi connectivity index (χ3n) is 2.11. The van der Waals surface area contributed by atoms with Crippen molar-refractivity contribution in [1.82, 2.24) is 4.90 Å². The number of nitriles is 1. The fourth-order valence-electron chi connectivity index (χ4n) is 1.21.